The van der Waals surface area contributed by atoms with Crippen molar-refractivity contribution in [3.8, 4) is 17.5 Å². The van der Waals surface area contributed by atoms with Crippen LogP contribution in [0, 0.1) is 0 Å². The molecule has 0 unspecified atom stereocenters. The van der Waals surface area contributed by atoms with Crippen LogP contribution in [0.3, 0.4) is 0 Å². The zero-order valence-corrected chi connectivity index (χ0v) is 11.2. The number of aryl methyl sites for hydroxylation is 1. The highest BCUT2D eigenvalue weighted by Gasteiger charge is 2.16. The molecule has 0 saturated carbocycles. The molecule has 0 radical (unpaired) electrons. The molecule has 0 bridgehead atoms. The van der Waals surface area contributed by atoms with Crippen molar-refractivity contribution < 1.29 is 0 Å². The first-order valence-corrected chi connectivity index (χ1v) is 5.86. The van der Waals surface area contributed by atoms with Gasteiger partial charge < -0.3 is 5.73 Å². The monoisotopic (exact) mass is 322 g/mol. The second kappa shape index (κ2) is 4.35. The third-order valence-electron chi connectivity index (χ3n) is 2.26. The van der Waals surface area contributed by atoms with E-state index in [1.165, 1.54) is 22.0 Å². The van der Waals surface area contributed by atoms with E-state index in [1.54, 1.807) is 7.05 Å². The lowest BCUT2D eigenvalue weighted by Crippen LogP contribution is -2.09. The zero-order chi connectivity index (χ0) is 13.4. The molecule has 0 spiro atoms. The van der Waals surface area contributed by atoms with E-state index >= 15 is 0 Å². The van der Waals surface area contributed by atoms with Gasteiger partial charge in [0.15, 0.2) is 10.4 Å². The highest BCUT2D eigenvalue weighted by Crippen LogP contribution is 2.22. The Bertz CT molecular complexity index is 698. The maximum Gasteiger partial charge on any atom is 0.257 e. The van der Waals surface area contributed by atoms with Crippen molar-refractivity contribution in [2.24, 2.45) is 7.05 Å². The molecule has 3 aromatic rings. The van der Waals surface area contributed by atoms with Gasteiger partial charge in [-0.3, -0.25) is 0 Å². The molecule has 0 amide bonds. The van der Waals surface area contributed by atoms with Crippen LogP contribution in [0.15, 0.2) is 17.3 Å². The van der Waals surface area contributed by atoms with Crippen molar-refractivity contribution in [1.29, 1.82) is 0 Å². The number of rotatable bonds is 2. The largest absolute Gasteiger partial charge is 0.368 e. The lowest BCUT2D eigenvalue weighted by Gasteiger charge is -2.04. The Kier molecular flexibility index (Phi) is 2.67. The number of hydrogen-bond donors (Lipinski definition) is 1. The van der Waals surface area contributed by atoms with Gasteiger partial charge in [-0.2, -0.15) is 24.7 Å². The lowest BCUT2D eigenvalue weighted by atomic mass is 10.4. The fourth-order valence-electron chi connectivity index (χ4n) is 1.47. The van der Waals surface area contributed by atoms with Crippen LogP contribution in [-0.4, -0.2) is 44.7 Å². The maximum absolute atomic E-state index is 5.68. The van der Waals surface area contributed by atoms with Gasteiger partial charge in [0.1, 0.15) is 18.3 Å². The van der Waals surface area contributed by atoms with E-state index < -0.39 is 0 Å². The summed E-state index contributed by atoms with van der Waals surface area (Å²) in [4.78, 5) is 16.2. The molecule has 0 aliphatic carbocycles. The minimum absolute atomic E-state index is 0.0728. The predicted molar refractivity (Wildman–Crippen MR) is 66.9 cm³/mol. The summed E-state index contributed by atoms with van der Waals surface area (Å²) in [5.41, 5.74) is 6.28. The van der Waals surface area contributed by atoms with E-state index in [-0.39, 0.29) is 11.9 Å². The first-order valence-electron chi connectivity index (χ1n) is 5.07. The third-order valence-corrected chi connectivity index (χ3v) is 2.80. The van der Waals surface area contributed by atoms with Crippen LogP contribution in [0.5, 0.6) is 0 Å². The Balaban J connectivity index is 2.18. The van der Waals surface area contributed by atoms with Crippen LogP contribution in [0.25, 0.3) is 17.5 Å². The van der Waals surface area contributed by atoms with Gasteiger partial charge in [-0.1, -0.05) is 5.21 Å². The van der Waals surface area contributed by atoms with Crippen molar-refractivity contribution >= 4 is 21.9 Å². The number of anilines is 1. The van der Waals surface area contributed by atoms with Crippen LogP contribution < -0.4 is 5.73 Å². The van der Waals surface area contributed by atoms with Crippen molar-refractivity contribution in [1.82, 2.24) is 44.7 Å². The fraction of sp³-hybridized carbons (Fsp3) is 0.125. The molecule has 0 aromatic carbocycles. The highest BCUT2D eigenvalue weighted by molar-refractivity contribution is 9.10. The molecule has 11 heteroatoms. The normalized spacial score (nSPS) is 10.8. The Hall–Kier alpha value is -2.43. The second-order valence-corrected chi connectivity index (χ2v) is 4.26. The molecule has 2 N–H and O–H groups in total. The van der Waals surface area contributed by atoms with Gasteiger partial charge >= 0.3 is 0 Å². The second-order valence-electron chi connectivity index (χ2n) is 3.51. The predicted octanol–water partition coefficient (Wildman–Crippen LogP) is -0.408. The smallest absolute Gasteiger partial charge is 0.257 e. The van der Waals surface area contributed by atoms with Gasteiger partial charge in [-0.15, -0.1) is 5.10 Å². The standard InChI is InChI=1S/C8H7BrN10/c1-18-4(5(9)16-17-18)6-13-7(10)15-8(14-6)19-3-11-2-12-19/h2-3H,1H3,(H2,10,13,14,15). The van der Waals surface area contributed by atoms with Crippen molar-refractivity contribution in [3.63, 3.8) is 0 Å². The molecule has 3 rings (SSSR count). The number of halogens is 1. The Morgan fingerprint density at radius 1 is 1.26 bits per heavy atom. The van der Waals surface area contributed by atoms with E-state index in [1.807, 2.05) is 0 Å². The highest BCUT2D eigenvalue weighted by atomic mass is 79.9. The molecule has 0 aliphatic rings. The molecular weight excluding hydrogens is 316 g/mol. The van der Waals surface area contributed by atoms with Gasteiger partial charge in [-0.25, -0.2) is 9.67 Å². The summed E-state index contributed by atoms with van der Waals surface area (Å²) in [5.74, 6) is 0.689. The minimum Gasteiger partial charge on any atom is -0.368 e. The molecule has 19 heavy (non-hydrogen) atoms. The number of nitrogens with zero attached hydrogens (tertiary/aromatic N) is 9. The SMILES string of the molecule is Cn1nnc(Br)c1-c1nc(N)nc(-n2cncn2)n1. The molecule has 96 valence electrons. The quantitative estimate of drug-likeness (QED) is 0.674. The van der Waals surface area contributed by atoms with Crippen molar-refractivity contribution in [2.75, 3.05) is 5.73 Å². The topological polar surface area (TPSA) is 126 Å². The summed E-state index contributed by atoms with van der Waals surface area (Å²) in [5, 5.41) is 11.7. The first-order chi connectivity index (χ1) is 9.15. The van der Waals surface area contributed by atoms with E-state index in [0.29, 0.717) is 16.1 Å². The minimum atomic E-state index is 0.0728. The maximum atomic E-state index is 5.68. The first kappa shape index (κ1) is 11.6. The summed E-state index contributed by atoms with van der Waals surface area (Å²) in [6.07, 6.45) is 2.84. The van der Waals surface area contributed by atoms with Crippen LogP contribution >= 0.6 is 15.9 Å². The van der Waals surface area contributed by atoms with Gasteiger partial charge in [0, 0.05) is 7.05 Å². The van der Waals surface area contributed by atoms with E-state index in [9.17, 15) is 0 Å². The number of aromatic nitrogens is 9. The summed E-state index contributed by atoms with van der Waals surface area (Å²) >= 11 is 3.28. The Morgan fingerprint density at radius 2 is 2.11 bits per heavy atom. The molecule has 0 saturated heterocycles. The summed E-state index contributed by atoms with van der Waals surface area (Å²) < 4.78 is 3.44. The fourth-order valence-corrected chi connectivity index (χ4v) is 1.97. The number of nitrogen functional groups attached to an aromatic ring is 1. The number of nitrogens with two attached hydrogens (primary N) is 1. The average Bonchev–Trinajstić information content (AvgIpc) is 2.99. The zero-order valence-electron chi connectivity index (χ0n) is 9.63. The van der Waals surface area contributed by atoms with Crippen molar-refractivity contribution in [2.45, 2.75) is 0 Å². The lowest BCUT2D eigenvalue weighted by molar-refractivity contribution is 0.714. The van der Waals surface area contributed by atoms with Gasteiger partial charge in [0.05, 0.1) is 0 Å². The van der Waals surface area contributed by atoms with E-state index in [4.69, 9.17) is 5.73 Å². The molecule has 0 fully saturated rings. The van der Waals surface area contributed by atoms with E-state index in [0.717, 1.165) is 0 Å². The summed E-state index contributed by atoms with van der Waals surface area (Å²) in [7, 11) is 1.72. The molecule has 3 aromatic heterocycles. The summed E-state index contributed by atoms with van der Waals surface area (Å²) in [6.45, 7) is 0. The van der Waals surface area contributed by atoms with Crippen LogP contribution in [0.1, 0.15) is 0 Å². The molecule has 3 heterocycles. The Morgan fingerprint density at radius 3 is 2.74 bits per heavy atom. The molecule has 10 nitrogen and oxygen atoms in total. The molecule has 0 atom stereocenters. The number of hydrogen-bond acceptors (Lipinski definition) is 8. The average molecular weight is 323 g/mol. The van der Waals surface area contributed by atoms with Gasteiger partial charge in [0.25, 0.3) is 5.95 Å². The van der Waals surface area contributed by atoms with Crippen molar-refractivity contribution in [3.05, 3.63) is 17.3 Å². The van der Waals surface area contributed by atoms with Crippen LogP contribution in [-0.2, 0) is 7.05 Å². The molecule has 0 aliphatic heterocycles. The van der Waals surface area contributed by atoms with Gasteiger partial charge in [0.2, 0.25) is 5.95 Å². The van der Waals surface area contributed by atoms with Gasteiger partial charge in [-0.05, 0) is 15.9 Å². The van der Waals surface area contributed by atoms with Crippen LogP contribution in [0.2, 0.25) is 0 Å². The third kappa shape index (κ3) is 2.03. The molecular formula is C8H7BrN10. The Labute approximate surface area is 114 Å². The van der Waals surface area contributed by atoms with E-state index in [2.05, 4.69) is 51.3 Å². The van der Waals surface area contributed by atoms with Crippen LogP contribution in [0.4, 0.5) is 5.95 Å². The summed E-state index contributed by atoms with van der Waals surface area (Å²) in [6, 6.07) is 0.